The Balaban J connectivity index is 1.51. The molecule has 128 valence electrons. The molecule has 0 aliphatic carbocycles. The van der Waals surface area contributed by atoms with Crippen LogP contribution in [0.1, 0.15) is 28.8 Å². The molecule has 0 radical (unpaired) electrons. The monoisotopic (exact) mass is 333 g/mol. The van der Waals surface area contributed by atoms with Gasteiger partial charge in [0.05, 0.1) is 11.1 Å². The van der Waals surface area contributed by atoms with Crippen molar-refractivity contribution in [2.75, 3.05) is 18.1 Å². The molecule has 2 aromatic carbocycles. The minimum atomic E-state index is -0.371. The molecule has 0 spiro atoms. The minimum Gasteiger partial charge on any atom is -0.366 e. The lowest BCUT2D eigenvalue weighted by Gasteiger charge is -2.35. The lowest BCUT2D eigenvalue weighted by molar-refractivity contribution is 0.100. The van der Waals surface area contributed by atoms with E-state index in [0.717, 1.165) is 49.2 Å². The first kappa shape index (κ1) is 15.8. The lowest BCUT2D eigenvalue weighted by atomic mass is 9.91. The van der Waals surface area contributed by atoms with E-state index in [9.17, 15) is 4.79 Å². The van der Waals surface area contributed by atoms with Crippen molar-refractivity contribution >= 4 is 16.8 Å². The number of nitrogens with zero attached hydrogens (tertiary/aromatic N) is 2. The average Bonchev–Trinajstić information content (AvgIpc) is 3.07. The number of hydrogen-bond donors (Lipinski definition) is 1. The van der Waals surface area contributed by atoms with Gasteiger partial charge in [-0.05, 0) is 42.9 Å². The molecule has 2 N–H and O–H groups in total. The highest BCUT2D eigenvalue weighted by molar-refractivity contribution is 6.05. The number of rotatable bonds is 4. The molecule has 1 aromatic heterocycles. The Labute approximate surface area is 147 Å². The molecule has 0 unspecified atom stereocenters. The second-order valence-electron chi connectivity index (χ2n) is 6.85. The van der Waals surface area contributed by atoms with Crippen LogP contribution in [0.2, 0.25) is 0 Å². The third-order valence-corrected chi connectivity index (χ3v) is 5.22. The van der Waals surface area contributed by atoms with Crippen molar-refractivity contribution in [3.8, 4) is 0 Å². The van der Waals surface area contributed by atoms with Crippen molar-refractivity contribution in [2.24, 2.45) is 11.7 Å². The predicted octanol–water partition coefficient (Wildman–Crippen LogP) is 3.33. The maximum atomic E-state index is 11.8. The summed E-state index contributed by atoms with van der Waals surface area (Å²) in [4.78, 5) is 11.8. The number of carbonyl (C=O) groups excluding carboxylic acids is 1. The quantitative estimate of drug-likeness (QED) is 0.796. The van der Waals surface area contributed by atoms with Crippen molar-refractivity contribution < 1.29 is 4.79 Å². The zero-order valence-corrected chi connectivity index (χ0v) is 14.3. The summed E-state index contributed by atoms with van der Waals surface area (Å²) in [7, 11) is 0. The van der Waals surface area contributed by atoms with Crippen LogP contribution in [0, 0.1) is 5.92 Å². The fraction of sp³-hybridized carbons (Fsp3) is 0.286. The fourth-order valence-corrected chi connectivity index (χ4v) is 3.90. The Morgan fingerprint density at radius 1 is 1.00 bits per heavy atom. The minimum absolute atomic E-state index is 0.371. The zero-order chi connectivity index (χ0) is 17.2. The van der Waals surface area contributed by atoms with Gasteiger partial charge >= 0.3 is 0 Å². The van der Waals surface area contributed by atoms with E-state index in [1.807, 2.05) is 18.2 Å². The Hall–Kier alpha value is -2.75. The van der Waals surface area contributed by atoms with Crippen molar-refractivity contribution in [1.29, 1.82) is 0 Å². The zero-order valence-electron chi connectivity index (χ0n) is 14.3. The number of piperidine rings is 1. The Kier molecular flexibility index (Phi) is 4.18. The smallest absolute Gasteiger partial charge is 0.250 e. The molecule has 4 heteroatoms. The lowest BCUT2D eigenvalue weighted by Crippen LogP contribution is -2.41. The number of hydrogen-bond acceptors (Lipinski definition) is 2. The van der Waals surface area contributed by atoms with Crippen molar-refractivity contribution in [3.63, 3.8) is 0 Å². The van der Waals surface area contributed by atoms with Crippen molar-refractivity contribution in [3.05, 3.63) is 71.9 Å². The highest BCUT2D eigenvalue weighted by Gasteiger charge is 2.22. The number of amides is 1. The molecule has 0 saturated carbocycles. The highest BCUT2D eigenvalue weighted by atomic mass is 16.1. The summed E-state index contributed by atoms with van der Waals surface area (Å²) in [5.74, 6) is 0.348. The Morgan fingerprint density at radius 2 is 1.76 bits per heavy atom. The van der Waals surface area contributed by atoms with Gasteiger partial charge in [0, 0.05) is 24.7 Å². The van der Waals surface area contributed by atoms with E-state index < -0.39 is 0 Å². The molecule has 3 aromatic rings. The van der Waals surface area contributed by atoms with Crippen LogP contribution in [0.4, 0.5) is 0 Å². The van der Waals surface area contributed by atoms with E-state index in [0.29, 0.717) is 5.56 Å². The Morgan fingerprint density at radius 3 is 2.48 bits per heavy atom. The molecule has 4 rings (SSSR count). The van der Waals surface area contributed by atoms with Crippen LogP contribution in [-0.4, -0.2) is 23.7 Å². The number of aromatic nitrogens is 1. The normalized spacial score (nSPS) is 15.6. The van der Waals surface area contributed by atoms with Gasteiger partial charge in [0.25, 0.3) is 5.91 Å². The Bertz CT molecular complexity index is 877. The third kappa shape index (κ3) is 3.12. The molecule has 1 amide bonds. The summed E-state index contributed by atoms with van der Waals surface area (Å²) >= 11 is 0. The van der Waals surface area contributed by atoms with Gasteiger partial charge in [-0.15, -0.1) is 0 Å². The summed E-state index contributed by atoms with van der Waals surface area (Å²) in [6, 6.07) is 18.5. The topological polar surface area (TPSA) is 51.3 Å². The van der Waals surface area contributed by atoms with Gasteiger partial charge in [-0.25, -0.2) is 0 Å². The molecule has 1 saturated heterocycles. The molecule has 25 heavy (non-hydrogen) atoms. The van der Waals surface area contributed by atoms with E-state index in [1.165, 1.54) is 5.56 Å². The molecular weight excluding hydrogens is 310 g/mol. The molecule has 4 nitrogen and oxygen atoms in total. The van der Waals surface area contributed by atoms with Gasteiger partial charge in [0.2, 0.25) is 0 Å². The van der Waals surface area contributed by atoms with E-state index >= 15 is 0 Å². The standard InChI is InChI=1S/C21H23N3O/c22-21(25)19-8-4-7-18-11-14-24(20(18)19)23-12-9-17(10-13-23)15-16-5-2-1-3-6-16/h1-8,11,14,17H,9-10,12-13,15H2,(H2,22,25). The maximum Gasteiger partial charge on any atom is 0.250 e. The molecule has 2 heterocycles. The summed E-state index contributed by atoms with van der Waals surface area (Å²) < 4.78 is 2.12. The molecule has 0 bridgehead atoms. The largest absolute Gasteiger partial charge is 0.366 e. The van der Waals surface area contributed by atoms with Crippen LogP contribution in [0.15, 0.2) is 60.8 Å². The van der Waals surface area contributed by atoms with Crippen LogP contribution < -0.4 is 10.7 Å². The molecule has 1 fully saturated rings. The van der Waals surface area contributed by atoms with E-state index in [-0.39, 0.29) is 5.91 Å². The first-order valence-corrected chi connectivity index (χ1v) is 8.91. The van der Waals surface area contributed by atoms with Gasteiger partial charge in [-0.2, -0.15) is 0 Å². The van der Waals surface area contributed by atoms with E-state index in [4.69, 9.17) is 5.73 Å². The second kappa shape index (κ2) is 6.63. The SMILES string of the molecule is NC(=O)c1cccc2ccn(N3CCC(Cc4ccccc4)CC3)c12. The molecule has 1 aliphatic heterocycles. The van der Waals surface area contributed by atoms with Gasteiger partial charge in [-0.1, -0.05) is 42.5 Å². The van der Waals surface area contributed by atoms with Gasteiger partial charge in [0.1, 0.15) is 0 Å². The van der Waals surface area contributed by atoms with Crippen LogP contribution in [0.25, 0.3) is 10.9 Å². The number of fused-ring (bicyclic) bond motifs is 1. The number of carbonyl (C=O) groups is 1. The predicted molar refractivity (Wildman–Crippen MR) is 101 cm³/mol. The van der Waals surface area contributed by atoms with Crippen LogP contribution in [0.3, 0.4) is 0 Å². The number of primary amides is 1. The first-order chi connectivity index (χ1) is 12.2. The molecule has 0 atom stereocenters. The van der Waals surface area contributed by atoms with E-state index in [2.05, 4.69) is 52.3 Å². The average molecular weight is 333 g/mol. The van der Waals surface area contributed by atoms with Crippen molar-refractivity contribution in [1.82, 2.24) is 4.68 Å². The number of nitrogens with two attached hydrogens (primary N) is 1. The second-order valence-corrected chi connectivity index (χ2v) is 6.85. The molecular formula is C21H23N3O. The number of benzene rings is 2. The van der Waals surface area contributed by atoms with Crippen LogP contribution in [-0.2, 0) is 6.42 Å². The fourth-order valence-electron chi connectivity index (χ4n) is 3.90. The summed E-state index contributed by atoms with van der Waals surface area (Å²) in [6.45, 7) is 1.99. The summed E-state index contributed by atoms with van der Waals surface area (Å²) in [6.07, 6.45) is 5.52. The third-order valence-electron chi connectivity index (χ3n) is 5.22. The first-order valence-electron chi connectivity index (χ1n) is 8.91. The number of para-hydroxylation sites is 1. The van der Waals surface area contributed by atoms with Gasteiger partial charge in [0.15, 0.2) is 0 Å². The van der Waals surface area contributed by atoms with Crippen LogP contribution >= 0.6 is 0 Å². The van der Waals surface area contributed by atoms with Crippen molar-refractivity contribution in [2.45, 2.75) is 19.3 Å². The van der Waals surface area contributed by atoms with Gasteiger partial charge in [-0.3, -0.25) is 9.47 Å². The van der Waals surface area contributed by atoms with Gasteiger partial charge < -0.3 is 10.7 Å². The highest BCUT2D eigenvalue weighted by Crippen LogP contribution is 2.25. The maximum absolute atomic E-state index is 11.8. The van der Waals surface area contributed by atoms with E-state index in [1.54, 1.807) is 0 Å². The molecule has 1 aliphatic rings. The van der Waals surface area contributed by atoms with Crippen LogP contribution in [0.5, 0.6) is 0 Å². The summed E-state index contributed by atoms with van der Waals surface area (Å²) in [5.41, 5.74) is 8.51. The summed E-state index contributed by atoms with van der Waals surface area (Å²) in [5, 5.41) is 3.39.